The van der Waals surface area contributed by atoms with Gasteiger partial charge in [0, 0.05) is 6.42 Å². The van der Waals surface area contributed by atoms with E-state index in [-0.39, 0.29) is 24.4 Å². The number of allylic oxidation sites excluding steroid dienone is 5. The summed E-state index contributed by atoms with van der Waals surface area (Å²) in [5, 5.41) is 29.3. The van der Waals surface area contributed by atoms with E-state index in [2.05, 4.69) is 25.2 Å². The van der Waals surface area contributed by atoms with Gasteiger partial charge in [-0.1, -0.05) is 81.9 Å². The summed E-state index contributed by atoms with van der Waals surface area (Å²) in [6.07, 6.45) is 22.3. The summed E-state index contributed by atoms with van der Waals surface area (Å²) in [6, 6.07) is 0. The molecule has 0 aromatic heterocycles. The van der Waals surface area contributed by atoms with Crippen LogP contribution in [0.25, 0.3) is 0 Å². The maximum atomic E-state index is 10.6. The average Bonchev–Trinajstić information content (AvgIpc) is 2.68. The Morgan fingerprint density at radius 1 is 1.00 bits per heavy atom. The van der Waals surface area contributed by atoms with Crippen LogP contribution in [0.15, 0.2) is 36.5 Å². The zero-order valence-electron chi connectivity index (χ0n) is 17.5. The zero-order valence-corrected chi connectivity index (χ0v) is 17.5. The summed E-state index contributed by atoms with van der Waals surface area (Å²) in [5.41, 5.74) is 0. The quantitative estimate of drug-likeness (QED) is 0.198. The molecule has 3 N–H and O–H groups in total. The molecule has 0 saturated heterocycles. The third-order valence-corrected chi connectivity index (χ3v) is 5.57. The van der Waals surface area contributed by atoms with Crippen LogP contribution < -0.4 is 0 Å². The van der Waals surface area contributed by atoms with Crippen molar-refractivity contribution in [2.24, 2.45) is 11.8 Å². The van der Waals surface area contributed by atoms with Crippen molar-refractivity contribution in [2.75, 3.05) is 0 Å². The molecule has 0 bridgehead atoms. The molecule has 0 aromatic carbocycles. The Morgan fingerprint density at radius 2 is 1.71 bits per heavy atom. The molecule has 0 spiro atoms. The van der Waals surface area contributed by atoms with Gasteiger partial charge in [0.15, 0.2) is 0 Å². The summed E-state index contributed by atoms with van der Waals surface area (Å²) in [6.45, 7) is 2.22. The number of aliphatic hydroxyl groups is 2. The van der Waals surface area contributed by atoms with Crippen molar-refractivity contribution < 1.29 is 20.1 Å². The molecule has 1 aliphatic carbocycles. The predicted octanol–water partition coefficient (Wildman–Crippen LogP) is 5.41. The first kappa shape index (κ1) is 24.6. The number of carboxylic acid groups (broad SMARTS) is 1. The first-order valence-electron chi connectivity index (χ1n) is 11.1. The van der Waals surface area contributed by atoms with E-state index in [4.69, 9.17) is 5.11 Å². The van der Waals surface area contributed by atoms with Crippen molar-refractivity contribution in [3.05, 3.63) is 36.5 Å². The number of unbranched alkanes of at least 4 members (excludes halogenated alkanes) is 5. The summed E-state index contributed by atoms with van der Waals surface area (Å²) < 4.78 is 0. The van der Waals surface area contributed by atoms with Gasteiger partial charge in [-0.25, -0.2) is 0 Å². The van der Waals surface area contributed by atoms with Gasteiger partial charge < -0.3 is 15.3 Å². The molecule has 0 fully saturated rings. The Hall–Kier alpha value is -1.39. The summed E-state index contributed by atoms with van der Waals surface area (Å²) in [5.74, 6) is -0.418. The molecule has 4 atom stereocenters. The van der Waals surface area contributed by atoms with Crippen LogP contribution in [-0.4, -0.2) is 33.5 Å². The summed E-state index contributed by atoms with van der Waals surface area (Å²) in [7, 11) is 0. The van der Waals surface area contributed by atoms with Gasteiger partial charge in [0.05, 0.1) is 12.2 Å². The van der Waals surface area contributed by atoms with Gasteiger partial charge in [0.2, 0.25) is 0 Å². The lowest BCUT2D eigenvalue weighted by Crippen LogP contribution is -2.28. The van der Waals surface area contributed by atoms with E-state index in [1.54, 1.807) is 0 Å². The lowest BCUT2D eigenvalue weighted by molar-refractivity contribution is -0.137. The van der Waals surface area contributed by atoms with Crippen LogP contribution in [0.2, 0.25) is 0 Å². The van der Waals surface area contributed by atoms with Crippen LogP contribution >= 0.6 is 0 Å². The number of rotatable bonds is 15. The van der Waals surface area contributed by atoms with E-state index >= 15 is 0 Å². The van der Waals surface area contributed by atoms with Gasteiger partial charge in [-0.05, 0) is 43.9 Å². The van der Waals surface area contributed by atoms with Crippen molar-refractivity contribution >= 4 is 5.97 Å². The number of carbonyl (C=O) groups is 1. The van der Waals surface area contributed by atoms with Gasteiger partial charge >= 0.3 is 5.97 Å². The van der Waals surface area contributed by atoms with Crippen LogP contribution in [0.3, 0.4) is 0 Å². The second kappa shape index (κ2) is 15.5. The molecule has 0 saturated carbocycles. The van der Waals surface area contributed by atoms with Crippen LogP contribution in [0.4, 0.5) is 0 Å². The molecule has 160 valence electrons. The van der Waals surface area contributed by atoms with Gasteiger partial charge in [-0.3, -0.25) is 4.79 Å². The minimum Gasteiger partial charge on any atom is -0.481 e. The molecule has 1 rings (SSSR count). The highest BCUT2D eigenvalue weighted by molar-refractivity contribution is 5.66. The molecular weight excluding hydrogens is 352 g/mol. The van der Waals surface area contributed by atoms with E-state index in [0.29, 0.717) is 12.8 Å². The lowest BCUT2D eigenvalue weighted by Gasteiger charge is -2.30. The van der Waals surface area contributed by atoms with Crippen molar-refractivity contribution in [2.45, 2.75) is 96.2 Å². The number of carboxylic acids is 1. The minimum absolute atomic E-state index is 0.110. The Bertz CT molecular complexity index is 495. The third kappa shape index (κ3) is 11.5. The lowest BCUT2D eigenvalue weighted by atomic mass is 9.78. The molecule has 0 amide bonds. The predicted molar refractivity (Wildman–Crippen MR) is 115 cm³/mol. The highest BCUT2D eigenvalue weighted by Crippen LogP contribution is 2.31. The van der Waals surface area contributed by atoms with E-state index in [1.807, 2.05) is 18.2 Å². The Labute approximate surface area is 171 Å². The van der Waals surface area contributed by atoms with Crippen LogP contribution in [0.5, 0.6) is 0 Å². The van der Waals surface area contributed by atoms with Crippen LogP contribution in [0, 0.1) is 11.8 Å². The molecular formula is C24H40O4. The number of hydrogen-bond acceptors (Lipinski definition) is 3. The normalized spacial score (nSPS) is 22.1. The first-order chi connectivity index (χ1) is 13.5. The van der Waals surface area contributed by atoms with Crippen molar-refractivity contribution in [1.29, 1.82) is 0 Å². The molecule has 4 heteroatoms. The molecule has 28 heavy (non-hydrogen) atoms. The van der Waals surface area contributed by atoms with Gasteiger partial charge in [-0.15, -0.1) is 0 Å². The van der Waals surface area contributed by atoms with E-state index in [1.165, 1.54) is 32.1 Å². The van der Waals surface area contributed by atoms with Crippen molar-refractivity contribution in [1.82, 2.24) is 0 Å². The smallest absolute Gasteiger partial charge is 0.303 e. The Kier molecular flexibility index (Phi) is 13.7. The highest BCUT2D eigenvalue weighted by atomic mass is 16.4. The Morgan fingerprint density at radius 3 is 2.46 bits per heavy atom. The molecule has 1 aliphatic rings. The summed E-state index contributed by atoms with van der Waals surface area (Å²) in [4.78, 5) is 10.6. The van der Waals surface area contributed by atoms with Gasteiger partial charge in [-0.2, -0.15) is 0 Å². The molecule has 0 heterocycles. The van der Waals surface area contributed by atoms with Gasteiger partial charge in [0.25, 0.3) is 0 Å². The molecule has 0 radical (unpaired) electrons. The average molecular weight is 393 g/mol. The van der Waals surface area contributed by atoms with E-state index in [9.17, 15) is 15.0 Å². The second-order valence-corrected chi connectivity index (χ2v) is 8.02. The number of aliphatic carboxylic acids is 1. The first-order valence-corrected chi connectivity index (χ1v) is 11.1. The SMILES string of the molecule is CCCCCCCCC(O)/C=C/C=C/[C@H]1CC=CC[C@@H]1C(O)CCCC(=O)O. The third-order valence-electron chi connectivity index (χ3n) is 5.57. The number of hydrogen-bond donors (Lipinski definition) is 3. The fourth-order valence-corrected chi connectivity index (χ4v) is 3.83. The van der Waals surface area contributed by atoms with Crippen LogP contribution in [0.1, 0.15) is 84.0 Å². The van der Waals surface area contributed by atoms with E-state index in [0.717, 1.165) is 25.7 Å². The zero-order chi connectivity index (χ0) is 20.6. The largest absolute Gasteiger partial charge is 0.481 e. The van der Waals surface area contributed by atoms with E-state index < -0.39 is 12.1 Å². The van der Waals surface area contributed by atoms with Crippen molar-refractivity contribution in [3.8, 4) is 0 Å². The fraction of sp³-hybridized carbons (Fsp3) is 0.708. The molecule has 0 aliphatic heterocycles. The maximum Gasteiger partial charge on any atom is 0.303 e. The number of aliphatic hydroxyl groups excluding tert-OH is 2. The molecule has 4 nitrogen and oxygen atoms in total. The maximum absolute atomic E-state index is 10.6. The standard InChI is InChI=1S/C24H40O4/c1-2-3-4-5-6-7-15-21(25)16-10-8-13-20-14-9-11-17-22(20)23(26)18-12-19-24(27)28/h8-11,13,16,20-23,25-26H,2-7,12,14-15,17-19H2,1H3,(H,27,28)/b13-8+,16-10+/t20-,21?,22-,23?/m0/s1. The topological polar surface area (TPSA) is 77.8 Å². The van der Waals surface area contributed by atoms with Gasteiger partial charge in [0.1, 0.15) is 0 Å². The summed E-state index contributed by atoms with van der Waals surface area (Å²) >= 11 is 0. The minimum atomic E-state index is -0.808. The molecule has 0 aromatic rings. The van der Waals surface area contributed by atoms with Crippen molar-refractivity contribution in [3.63, 3.8) is 0 Å². The molecule has 2 unspecified atom stereocenters. The Balaban J connectivity index is 2.33. The second-order valence-electron chi connectivity index (χ2n) is 8.02. The van der Waals surface area contributed by atoms with Crippen LogP contribution in [-0.2, 0) is 4.79 Å². The fourth-order valence-electron chi connectivity index (χ4n) is 3.83. The monoisotopic (exact) mass is 392 g/mol. The highest BCUT2D eigenvalue weighted by Gasteiger charge is 2.26.